The van der Waals surface area contributed by atoms with Crippen molar-refractivity contribution >= 4 is 40.1 Å². The largest absolute Gasteiger partial charge is 0.494 e. The molecule has 0 aliphatic carbocycles. The molecule has 1 unspecified atom stereocenters. The molecule has 1 N–H and O–H groups in total. The average Bonchev–Trinajstić information content (AvgIpc) is 3.13. The lowest BCUT2D eigenvalue weighted by atomic mass is 9.92. The van der Waals surface area contributed by atoms with Gasteiger partial charge in [-0.3, -0.25) is 9.59 Å². The highest BCUT2D eigenvalue weighted by molar-refractivity contribution is 6.53. The highest BCUT2D eigenvalue weighted by atomic mass is 35.5. The van der Waals surface area contributed by atoms with Crippen molar-refractivity contribution in [3.05, 3.63) is 83.4 Å². The molecule has 0 aromatic heterocycles. The number of aliphatic hydroxyl groups is 1. The number of ether oxygens (including phenoxy) is 4. The van der Waals surface area contributed by atoms with E-state index >= 15 is 0 Å². The van der Waals surface area contributed by atoms with Gasteiger partial charge in [0.2, 0.25) is 5.75 Å². The molecule has 2 aliphatic heterocycles. The van der Waals surface area contributed by atoms with Crippen LogP contribution in [0.25, 0.3) is 10.6 Å². The van der Waals surface area contributed by atoms with E-state index in [-0.39, 0.29) is 17.2 Å². The predicted octanol–water partition coefficient (Wildman–Crippen LogP) is 8.72. The lowest BCUT2D eigenvalue weighted by Gasteiger charge is -2.30. The van der Waals surface area contributed by atoms with Gasteiger partial charge in [-0.15, -0.1) is 0 Å². The number of nitrogens with zero attached hydrogens (tertiary/aromatic N) is 1. The Hall–Kier alpha value is -4.18. The molecular formula is C42H50ClNO8. The first-order chi connectivity index (χ1) is 25.2. The monoisotopic (exact) mass is 731 g/mol. The number of carbonyl (C=O) groups is 3. The summed E-state index contributed by atoms with van der Waals surface area (Å²) in [4.78, 5) is 41.1. The summed E-state index contributed by atoms with van der Waals surface area (Å²) in [6.07, 6.45) is 10.9. The highest BCUT2D eigenvalue weighted by Gasteiger charge is 2.48. The number of esters is 3. The van der Waals surface area contributed by atoms with Gasteiger partial charge in [-0.1, -0.05) is 119 Å². The van der Waals surface area contributed by atoms with Gasteiger partial charge in [0.1, 0.15) is 5.75 Å². The molecule has 278 valence electrons. The van der Waals surface area contributed by atoms with E-state index in [4.69, 9.17) is 30.5 Å². The van der Waals surface area contributed by atoms with E-state index in [1.54, 1.807) is 6.07 Å². The number of unbranched alkanes of at least 4 members (excludes halogenated alkanes) is 9. The number of rotatable bonds is 19. The summed E-state index contributed by atoms with van der Waals surface area (Å²) in [7, 11) is 0. The van der Waals surface area contributed by atoms with Crippen LogP contribution in [0.3, 0.4) is 0 Å². The molecule has 1 atom stereocenters. The molecule has 0 saturated heterocycles. The first-order valence-electron chi connectivity index (χ1n) is 18.7. The maximum atomic E-state index is 13.0. The molecule has 0 radical (unpaired) electrons. The maximum Gasteiger partial charge on any atom is 0.345 e. The van der Waals surface area contributed by atoms with Crippen LogP contribution in [0.2, 0.25) is 0 Å². The highest BCUT2D eigenvalue weighted by Crippen LogP contribution is 2.49. The van der Waals surface area contributed by atoms with Gasteiger partial charge in [-0.2, -0.15) is 0 Å². The molecule has 0 amide bonds. The Balaban J connectivity index is 1.22. The predicted molar refractivity (Wildman–Crippen MR) is 202 cm³/mol. The van der Waals surface area contributed by atoms with Crippen molar-refractivity contribution in [1.29, 1.82) is 0 Å². The van der Waals surface area contributed by atoms with Gasteiger partial charge < -0.3 is 29.0 Å². The van der Waals surface area contributed by atoms with E-state index < -0.39 is 36.4 Å². The van der Waals surface area contributed by atoms with Crippen molar-refractivity contribution in [1.82, 2.24) is 4.90 Å². The van der Waals surface area contributed by atoms with Crippen LogP contribution in [0.1, 0.15) is 108 Å². The molecule has 10 heteroatoms. The Morgan fingerprint density at radius 3 is 1.94 bits per heavy atom. The van der Waals surface area contributed by atoms with E-state index in [9.17, 15) is 19.5 Å². The number of halogens is 1. The van der Waals surface area contributed by atoms with Crippen molar-refractivity contribution in [3.8, 4) is 23.0 Å². The van der Waals surface area contributed by atoms with Crippen LogP contribution in [0.4, 0.5) is 0 Å². The molecule has 2 bridgehead atoms. The van der Waals surface area contributed by atoms with E-state index in [1.807, 2.05) is 54.6 Å². The molecule has 3 aromatic carbocycles. The van der Waals surface area contributed by atoms with Crippen LogP contribution in [-0.4, -0.2) is 59.8 Å². The van der Waals surface area contributed by atoms with Gasteiger partial charge in [-0.05, 0) is 67.9 Å². The first kappa shape index (κ1) is 39.0. The molecule has 0 fully saturated rings. The number of benzene rings is 3. The summed E-state index contributed by atoms with van der Waals surface area (Å²) in [5.41, 5.74) is -0.255. The molecular weight excluding hydrogens is 682 g/mol. The minimum absolute atomic E-state index is 0.121. The second-order valence-electron chi connectivity index (χ2n) is 13.5. The van der Waals surface area contributed by atoms with E-state index in [0.29, 0.717) is 39.7 Å². The van der Waals surface area contributed by atoms with Gasteiger partial charge >= 0.3 is 17.9 Å². The zero-order valence-electron chi connectivity index (χ0n) is 30.3. The van der Waals surface area contributed by atoms with Gasteiger partial charge in [0.15, 0.2) is 17.1 Å². The third-order valence-corrected chi connectivity index (χ3v) is 10.1. The van der Waals surface area contributed by atoms with Gasteiger partial charge in [0.05, 0.1) is 24.5 Å². The second kappa shape index (κ2) is 19.1. The summed E-state index contributed by atoms with van der Waals surface area (Å²) >= 11 is 7.10. The summed E-state index contributed by atoms with van der Waals surface area (Å²) < 4.78 is 22.8. The quantitative estimate of drug-likeness (QED) is 0.0560. The number of carbonyl (C=O) groups excluding carboxylic acids is 3. The summed E-state index contributed by atoms with van der Waals surface area (Å²) in [6.45, 7) is 8.60. The smallest absolute Gasteiger partial charge is 0.345 e. The van der Waals surface area contributed by atoms with Crippen molar-refractivity contribution in [2.75, 3.05) is 26.2 Å². The van der Waals surface area contributed by atoms with E-state index in [0.717, 1.165) is 25.9 Å². The third kappa shape index (κ3) is 10.2. The molecule has 9 nitrogen and oxygen atoms in total. The van der Waals surface area contributed by atoms with Crippen LogP contribution in [-0.2, 0) is 14.4 Å². The SMILES string of the molecule is CCN(CC)CCCCCCCCCCCCOc1ccc(/C(=C(\Cl)c2ccccc2)c2ccc3c4c2OC(=O)CC(O)(CC(=O)O3)C(=O)O4)cc1. The first-order valence-corrected chi connectivity index (χ1v) is 19.0. The fourth-order valence-corrected chi connectivity index (χ4v) is 6.97. The van der Waals surface area contributed by atoms with Crippen LogP contribution < -0.4 is 18.9 Å². The summed E-state index contributed by atoms with van der Waals surface area (Å²) in [6, 6.07) is 19.7. The number of hydrogen-bond acceptors (Lipinski definition) is 9. The van der Waals surface area contributed by atoms with Crippen molar-refractivity contribution in [2.24, 2.45) is 0 Å². The molecule has 3 aromatic rings. The number of hydrogen-bond donors (Lipinski definition) is 1. The maximum absolute atomic E-state index is 13.0. The minimum Gasteiger partial charge on any atom is -0.494 e. The Bertz CT molecular complexity index is 1700. The molecule has 5 rings (SSSR count). The summed E-state index contributed by atoms with van der Waals surface area (Å²) in [5, 5.41) is 11.2. The van der Waals surface area contributed by atoms with Crippen LogP contribution in [0.5, 0.6) is 23.0 Å². The van der Waals surface area contributed by atoms with Crippen molar-refractivity contribution < 1.29 is 38.4 Å². The zero-order valence-corrected chi connectivity index (χ0v) is 31.1. The van der Waals surface area contributed by atoms with Crippen LogP contribution in [0.15, 0.2) is 66.7 Å². The standard InChI is InChI=1S/C42H50ClNO8/c1-3-44(4-2)26-16-11-9-7-5-6-8-10-12-17-27-49-32-22-20-30(21-23-32)37(38(43)31-18-14-13-15-19-31)33-24-25-34-40-39(33)51-36(46)29-42(48,41(47)52-40)28-35(45)50-34/h13-15,18-25,48H,3-12,16-17,26-29H2,1-2H3/b38-37+. The Morgan fingerprint density at radius 1 is 0.712 bits per heavy atom. The Kier molecular flexibility index (Phi) is 14.3. The average molecular weight is 732 g/mol. The fourth-order valence-electron chi connectivity index (χ4n) is 6.63. The number of fused-ring (bicyclic) bond motifs is 2. The van der Waals surface area contributed by atoms with Gasteiger partial charge in [-0.25, -0.2) is 4.79 Å². The van der Waals surface area contributed by atoms with Gasteiger partial charge in [0.25, 0.3) is 0 Å². The molecule has 0 saturated carbocycles. The van der Waals surface area contributed by atoms with Crippen molar-refractivity contribution in [3.63, 3.8) is 0 Å². The summed E-state index contributed by atoms with van der Waals surface area (Å²) in [5.74, 6) is -2.80. The van der Waals surface area contributed by atoms with Crippen LogP contribution >= 0.6 is 11.6 Å². The Morgan fingerprint density at radius 2 is 1.31 bits per heavy atom. The van der Waals surface area contributed by atoms with Gasteiger partial charge in [0, 0.05) is 11.1 Å². The molecule has 52 heavy (non-hydrogen) atoms. The topological polar surface area (TPSA) is 112 Å². The van der Waals surface area contributed by atoms with E-state index in [1.165, 1.54) is 64.0 Å². The van der Waals surface area contributed by atoms with Crippen molar-refractivity contribution in [2.45, 2.75) is 96.5 Å². The molecule has 2 aliphatic rings. The zero-order chi connectivity index (χ0) is 36.9. The molecule has 0 spiro atoms. The normalized spacial score (nSPS) is 17.4. The van der Waals surface area contributed by atoms with Crippen LogP contribution in [0, 0.1) is 0 Å². The molecule has 2 heterocycles. The lowest BCUT2D eigenvalue weighted by Crippen LogP contribution is -2.48. The Labute approximate surface area is 311 Å². The fraction of sp³-hybridized carbons (Fsp3) is 0.452. The lowest BCUT2D eigenvalue weighted by molar-refractivity contribution is -0.170. The minimum atomic E-state index is -2.42. The third-order valence-electron chi connectivity index (χ3n) is 9.65. The van der Waals surface area contributed by atoms with E-state index in [2.05, 4.69) is 18.7 Å². The second-order valence-corrected chi connectivity index (χ2v) is 13.9.